The molecule has 0 radical (unpaired) electrons. The second kappa shape index (κ2) is 7.62. The van der Waals surface area contributed by atoms with Crippen LogP contribution in [-0.4, -0.2) is 55.2 Å². The zero-order valence-corrected chi connectivity index (χ0v) is 16.3. The lowest BCUT2D eigenvalue weighted by molar-refractivity contribution is 0.311. The van der Waals surface area contributed by atoms with Crippen LogP contribution in [0.15, 0.2) is 57.3 Å². The van der Waals surface area contributed by atoms with Gasteiger partial charge in [-0.2, -0.15) is 0 Å². The van der Waals surface area contributed by atoms with Crippen LogP contribution in [0.1, 0.15) is 0 Å². The molecule has 140 valence electrons. The van der Waals surface area contributed by atoms with E-state index in [4.69, 9.17) is 4.74 Å². The first-order valence-electron chi connectivity index (χ1n) is 8.91. The Hall–Kier alpha value is -2.51. The van der Waals surface area contributed by atoms with Gasteiger partial charge < -0.3 is 19.5 Å². The number of pyridine rings is 2. The molecule has 0 unspecified atom stereocenters. The van der Waals surface area contributed by atoms with Crippen molar-refractivity contribution in [3.8, 4) is 5.75 Å². The van der Waals surface area contributed by atoms with Crippen LogP contribution in [0.2, 0.25) is 0 Å². The molecule has 0 saturated carbocycles. The SMILES string of the molecule is COc1cc(Sc2ccc3ccc(=O)[nH]c3c2)ncc1N1CCN(C)CC1. The number of ether oxygens (including phenoxy) is 1. The molecular weight excluding hydrogens is 360 g/mol. The van der Waals surface area contributed by atoms with Gasteiger partial charge in [0.1, 0.15) is 10.8 Å². The van der Waals surface area contributed by atoms with E-state index in [0.29, 0.717) is 0 Å². The summed E-state index contributed by atoms with van der Waals surface area (Å²) < 4.78 is 5.63. The number of benzene rings is 1. The van der Waals surface area contributed by atoms with Crippen molar-refractivity contribution in [1.29, 1.82) is 0 Å². The van der Waals surface area contributed by atoms with Crippen LogP contribution in [0.5, 0.6) is 5.75 Å². The predicted molar refractivity (Wildman–Crippen MR) is 109 cm³/mol. The highest BCUT2D eigenvalue weighted by atomic mass is 32.2. The van der Waals surface area contributed by atoms with Gasteiger partial charge in [0.05, 0.1) is 19.0 Å². The van der Waals surface area contributed by atoms with E-state index in [-0.39, 0.29) is 5.56 Å². The molecule has 1 aliphatic rings. The molecule has 1 aliphatic heterocycles. The van der Waals surface area contributed by atoms with Crippen LogP contribution >= 0.6 is 11.8 Å². The first-order valence-corrected chi connectivity index (χ1v) is 9.72. The zero-order valence-electron chi connectivity index (χ0n) is 15.4. The fourth-order valence-electron chi connectivity index (χ4n) is 3.23. The van der Waals surface area contributed by atoms with Gasteiger partial charge in [-0.1, -0.05) is 17.8 Å². The minimum absolute atomic E-state index is 0.0963. The summed E-state index contributed by atoms with van der Waals surface area (Å²) in [5.74, 6) is 0.839. The van der Waals surface area contributed by atoms with Gasteiger partial charge in [0.2, 0.25) is 5.56 Å². The van der Waals surface area contributed by atoms with Crippen molar-refractivity contribution < 1.29 is 4.74 Å². The third-order valence-electron chi connectivity index (χ3n) is 4.80. The topological polar surface area (TPSA) is 61.5 Å². The monoisotopic (exact) mass is 382 g/mol. The van der Waals surface area contributed by atoms with Gasteiger partial charge in [0.25, 0.3) is 0 Å². The minimum Gasteiger partial charge on any atom is -0.494 e. The van der Waals surface area contributed by atoms with Crippen molar-refractivity contribution in [3.63, 3.8) is 0 Å². The molecule has 1 saturated heterocycles. The predicted octanol–water partition coefficient (Wildman–Crippen LogP) is 2.83. The quantitative estimate of drug-likeness (QED) is 0.749. The largest absolute Gasteiger partial charge is 0.494 e. The minimum atomic E-state index is -0.0963. The summed E-state index contributed by atoms with van der Waals surface area (Å²) in [4.78, 5) is 24.7. The van der Waals surface area contributed by atoms with Gasteiger partial charge in [-0.15, -0.1) is 0 Å². The number of aromatic nitrogens is 2. The Balaban J connectivity index is 1.58. The van der Waals surface area contributed by atoms with Gasteiger partial charge in [-0.25, -0.2) is 4.98 Å². The number of H-pyrrole nitrogens is 1. The van der Waals surface area contributed by atoms with Gasteiger partial charge in [-0.3, -0.25) is 4.79 Å². The van der Waals surface area contributed by atoms with Crippen LogP contribution in [0.3, 0.4) is 0 Å². The van der Waals surface area contributed by atoms with Gasteiger partial charge in [0, 0.05) is 48.7 Å². The third kappa shape index (κ3) is 3.94. The average molecular weight is 382 g/mol. The molecular formula is C20H22N4O2S. The maximum absolute atomic E-state index is 11.5. The second-order valence-electron chi connectivity index (χ2n) is 6.66. The van der Waals surface area contributed by atoms with E-state index in [2.05, 4.69) is 26.8 Å². The smallest absolute Gasteiger partial charge is 0.248 e. The van der Waals surface area contributed by atoms with Crippen LogP contribution in [0.4, 0.5) is 5.69 Å². The number of methoxy groups -OCH3 is 1. The van der Waals surface area contributed by atoms with Crippen molar-refractivity contribution in [2.45, 2.75) is 9.92 Å². The molecule has 3 aromatic rings. The Morgan fingerprint density at radius 1 is 1.11 bits per heavy atom. The highest BCUT2D eigenvalue weighted by Gasteiger charge is 2.18. The van der Waals surface area contributed by atoms with Crippen molar-refractivity contribution in [2.75, 3.05) is 45.2 Å². The number of anilines is 1. The summed E-state index contributed by atoms with van der Waals surface area (Å²) in [6.45, 7) is 4.02. The molecule has 1 aromatic carbocycles. The molecule has 0 amide bonds. The normalized spacial score (nSPS) is 15.3. The summed E-state index contributed by atoms with van der Waals surface area (Å²) in [7, 11) is 3.84. The Labute approximate surface area is 162 Å². The van der Waals surface area contributed by atoms with Crippen molar-refractivity contribution >= 4 is 28.4 Å². The molecule has 1 fully saturated rings. The molecule has 6 nitrogen and oxygen atoms in total. The second-order valence-corrected chi connectivity index (χ2v) is 7.75. The summed E-state index contributed by atoms with van der Waals surface area (Å²) in [5.41, 5.74) is 1.77. The number of fused-ring (bicyclic) bond motifs is 1. The summed E-state index contributed by atoms with van der Waals surface area (Å²) >= 11 is 1.55. The standard InChI is InChI=1S/C20H22N4O2S/c1-23-7-9-24(10-8-23)17-13-21-20(12-18(17)26-2)27-15-5-3-14-4-6-19(25)22-16(14)11-15/h3-6,11-13H,7-10H2,1-2H3,(H,22,25). The first-order chi connectivity index (χ1) is 13.1. The summed E-state index contributed by atoms with van der Waals surface area (Å²) in [6.07, 6.45) is 1.90. The molecule has 3 heterocycles. The molecule has 0 spiro atoms. The van der Waals surface area contributed by atoms with Crippen molar-refractivity contribution in [2.24, 2.45) is 0 Å². The molecule has 27 heavy (non-hydrogen) atoms. The molecule has 7 heteroatoms. The molecule has 0 bridgehead atoms. The maximum atomic E-state index is 11.5. The summed E-state index contributed by atoms with van der Waals surface area (Å²) in [6, 6.07) is 11.4. The van der Waals surface area contributed by atoms with Crippen LogP contribution in [0.25, 0.3) is 10.9 Å². The van der Waals surface area contributed by atoms with Crippen molar-refractivity contribution in [1.82, 2.24) is 14.9 Å². The number of hydrogen-bond donors (Lipinski definition) is 1. The van der Waals surface area contributed by atoms with Crippen LogP contribution in [0, 0.1) is 0 Å². The van der Waals surface area contributed by atoms with E-state index < -0.39 is 0 Å². The molecule has 1 N–H and O–H groups in total. The average Bonchev–Trinajstić information content (AvgIpc) is 2.68. The van der Waals surface area contributed by atoms with E-state index in [0.717, 1.165) is 58.4 Å². The van der Waals surface area contributed by atoms with E-state index in [1.54, 1.807) is 24.9 Å². The molecule has 0 aliphatic carbocycles. The van der Waals surface area contributed by atoms with Crippen LogP contribution < -0.4 is 15.2 Å². The number of piperazine rings is 1. The van der Waals surface area contributed by atoms with E-state index in [9.17, 15) is 4.79 Å². The number of nitrogens with one attached hydrogen (secondary N) is 1. The number of nitrogens with zero attached hydrogens (tertiary/aromatic N) is 3. The van der Waals surface area contributed by atoms with Gasteiger partial charge in [0.15, 0.2) is 0 Å². The first kappa shape index (κ1) is 17.9. The Morgan fingerprint density at radius 2 is 1.89 bits per heavy atom. The number of hydrogen-bond acceptors (Lipinski definition) is 6. The van der Waals surface area contributed by atoms with Crippen molar-refractivity contribution in [3.05, 3.63) is 52.9 Å². The molecule has 4 rings (SSSR count). The Kier molecular flexibility index (Phi) is 5.05. The van der Waals surface area contributed by atoms with E-state index >= 15 is 0 Å². The lowest BCUT2D eigenvalue weighted by atomic mass is 10.2. The lowest BCUT2D eigenvalue weighted by Crippen LogP contribution is -2.44. The number of aromatic amines is 1. The highest BCUT2D eigenvalue weighted by molar-refractivity contribution is 7.99. The third-order valence-corrected chi connectivity index (χ3v) is 5.73. The van der Waals surface area contributed by atoms with Gasteiger partial charge in [-0.05, 0) is 30.6 Å². The van der Waals surface area contributed by atoms with E-state index in [1.165, 1.54) is 0 Å². The highest BCUT2D eigenvalue weighted by Crippen LogP contribution is 2.35. The molecule has 2 aromatic heterocycles. The summed E-state index contributed by atoms with van der Waals surface area (Å²) in [5, 5.41) is 1.87. The maximum Gasteiger partial charge on any atom is 0.248 e. The lowest BCUT2D eigenvalue weighted by Gasteiger charge is -2.34. The van der Waals surface area contributed by atoms with Crippen LogP contribution in [-0.2, 0) is 0 Å². The van der Waals surface area contributed by atoms with E-state index in [1.807, 2.05) is 36.5 Å². The fraction of sp³-hybridized carbons (Fsp3) is 0.300. The molecule has 0 atom stereocenters. The Bertz CT molecular complexity index is 1010. The number of rotatable bonds is 4. The zero-order chi connectivity index (χ0) is 18.8. The van der Waals surface area contributed by atoms with Gasteiger partial charge >= 0.3 is 0 Å². The number of likely N-dealkylation sites (N-methyl/N-ethyl adjacent to an activating group) is 1. The Morgan fingerprint density at radius 3 is 2.67 bits per heavy atom. The fourth-order valence-corrected chi connectivity index (χ4v) is 4.05.